The lowest BCUT2D eigenvalue weighted by Gasteiger charge is -2.17. The first-order valence-corrected chi connectivity index (χ1v) is 8.05. The zero-order valence-electron chi connectivity index (χ0n) is 13.9. The average molecular weight is 336 g/mol. The van der Waals surface area contributed by atoms with E-state index < -0.39 is 11.9 Å². The molecule has 0 N–H and O–H groups in total. The molecule has 122 valence electrons. The lowest BCUT2D eigenvalue weighted by atomic mass is 9.90. The zero-order chi connectivity index (χ0) is 18.1. The summed E-state index contributed by atoms with van der Waals surface area (Å²) < 4.78 is 4.82. The summed E-state index contributed by atoms with van der Waals surface area (Å²) in [7, 11) is 0. The maximum Gasteiger partial charge on any atom is 0.346 e. The summed E-state index contributed by atoms with van der Waals surface area (Å²) in [5, 5.41) is 1.27. The molecule has 1 heterocycles. The van der Waals surface area contributed by atoms with Crippen molar-refractivity contribution in [2.24, 2.45) is 0 Å². The number of benzene rings is 3. The summed E-state index contributed by atoms with van der Waals surface area (Å²) in [6.45, 7) is 1.74. The maximum atomic E-state index is 12.1. The molecule has 0 fully saturated rings. The third kappa shape index (κ3) is 2.53. The van der Waals surface area contributed by atoms with Crippen molar-refractivity contribution in [1.29, 1.82) is 0 Å². The van der Waals surface area contributed by atoms with Crippen LogP contribution in [0.3, 0.4) is 0 Å². The van der Waals surface area contributed by atoms with E-state index in [1.165, 1.54) is 0 Å². The molecule has 4 rings (SSSR count). The van der Waals surface area contributed by atoms with Gasteiger partial charge in [-0.1, -0.05) is 36.0 Å². The van der Waals surface area contributed by atoms with Gasteiger partial charge in [-0.2, -0.15) is 0 Å². The molecule has 0 radical (unpaired) electrons. The lowest BCUT2D eigenvalue weighted by Crippen LogP contribution is -2.20. The van der Waals surface area contributed by atoms with Crippen molar-refractivity contribution < 1.29 is 14.3 Å². The minimum Gasteiger partial charge on any atom is -0.386 e. The van der Waals surface area contributed by atoms with Gasteiger partial charge in [-0.25, -0.2) is 9.59 Å². The SMILES string of the molecule is CC#Cc1ccc2c3c(ccc(C#Cc4ccccc4)c13)C(=O)OC2=O. The van der Waals surface area contributed by atoms with Crippen LogP contribution in [0, 0.1) is 23.7 Å². The fourth-order valence-electron chi connectivity index (χ4n) is 3.03. The standard InChI is InChI=1S/C23H12O3/c1-2-6-16-11-13-18-21-19(23(25)26-22(18)24)14-12-17(20(16)21)10-9-15-7-4-3-5-8-15/h3-5,7-8,11-14H,1H3. The van der Waals surface area contributed by atoms with Crippen LogP contribution in [0.5, 0.6) is 0 Å². The molecule has 0 saturated heterocycles. The average Bonchev–Trinajstić information content (AvgIpc) is 2.66. The molecule has 3 aromatic carbocycles. The Balaban J connectivity index is 2.05. The van der Waals surface area contributed by atoms with Gasteiger partial charge in [0.1, 0.15) is 0 Å². The second-order valence-corrected chi connectivity index (χ2v) is 5.74. The Kier molecular flexibility index (Phi) is 3.77. The number of ether oxygens (including phenoxy) is 1. The van der Waals surface area contributed by atoms with Crippen LogP contribution in [0.15, 0.2) is 54.6 Å². The summed E-state index contributed by atoms with van der Waals surface area (Å²) in [6, 6.07) is 16.5. The van der Waals surface area contributed by atoms with Crippen LogP contribution in [-0.2, 0) is 4.74 Å². The highest BCUT2D eigenvalue weighted by Crippen LogP contribution is 2.33. The summed E-state index contributed by atoms with van der Waals surface area (Å²) >= 11 is 0. The maximum absolute atomic E-state index is 12.1. The third-order valence-corrected chi connectivity index (χ3v) is 4.16. The number of rotatable bonds is 0. The largest absolute Gasteiger partial charge is 0.386 e. The fourth-order valence-corrected chi connectivity index (χ4v) is 3.03. The van der Waals surface area contributed by atoms with Crippen LogP contribution in [0.25, 0.3) is 10.8 Å². The van der Waals surface area contributed by atoms with Gasteiger partial charge in [0.25, 0.3) is 0 Å². The molecule has 0 amide bonds. The highest BCUT2D eigenvalue weighted by atomic mass is 16.6. The van der Waals surface area contributed by atoms with E-state index in [1.54, 1.807) is 31.2 Å². The molecule has 3 aromatic rings. The van der Waals surface area contributed by atoms with Crippen molar-refractivity contribution in [3.63, 3.8) is 0 Å². The lowest BCUT2D eigenvalue weighted by molar-refractivity contribution is 0.0391. The summed E-state index contributed by atoms with van der Waals surface area (Å²) in [6.07, 6.45) is 0. The Morgan fingerprint density at radius 1 is 0.692 bits per heavy atom. The van der Waals surface area contributed by atoms with E-state index in [1.807, 2.05) is 30.3 Å². The van der Waals surface area contributed by atoms with Crippen molar-refractivity contribution in [3.8, 4) is 23.7 Å². The van der Waals surface area contributed by atoms with Crippen molar-refractivity contribution >= 4 is 22.7 Å². The van der Waals surface area contributed by atoms with Gasteiger partial charge in [0, 0.05) is 27.5 Å². The smallest absolute Gasteiger partial charge is 0.346 e. The van der Waals surface area contributed by atoms with E-state index in [0.29, 0.717) is 21.9 Å². The highest BCUT2D eigenvalue weighted by molar-refractivity contribution is 6.22. The van der Waals surface area contributed by atoms with Crippen molar-refractivity contribution in [1.82, 2.24) is 0 Å². The predicted molar refractivity (Wildman–Crippen MR) is 98.7 cm³/mol. The van der Waals surface area contributed by atoms with Crippen LogP contribution in [0.4, 0.5) is 0 Å². The van der Waals surface area contributed by atoms with Gasteiger partial charge in [0.2, 0.25) is 0 Å². The van der Waals surface area contributed by atoms with Crippen LogP contribution < -0.4 is 0 Å². The van der Waals surface area contributed by atoms with Crippen molar-refractivity contribution in [2.75, 3.05) is 0 Å². The number of cyclic esters (lactones) is 2. The first-order valence-electron chi connectivity index (χ1n) is 8.05. The number of carbonyl (C=O) groups is 2. The van der Waals surface area contributed by atoms with E-state index in [2.05, 4.69) is 23.7 Å². The molecule has 3 nitrogen and oxygen atoms in total. The van der Waals surface area contributed by atoms with Gasteiger partial charge >= 0.3 is 11.9 Å². The van der Waals surface area contributed by atoms with E-state index in [9.17, 15) is 9.59 Å². The normalized spacial score (nSPS) is 11.9. The highest BCUT2D eigenvalue weighted by Gasteiger charge is 2.28. The first-order chi connectivity index (χ1) is 12.7. The Morgan fingerprint density at radius 3 is 1.92 bits per heavy atom. The van der Waals surface area contributed by atoms with Crippen LogP contribution in [0.1, 0.15) is 44.3 Å². The minimum atomic E-state index is -0.642. The molecule has 26 heavy (non-hydrogen) atoms. The minimum absolute atomic E-state index is 0.361. The van der Waals surface area contributed by atoms with E-state index in [-0.39, 0.29) is 0 Å². The fraction of sp³-hybridized carbons (Fsp3) is 0.0435. The Morgan fingerprint density at radius 2 is 1.31 bits per heavy atom. The number of hydrogen-bond donors (Lipinski definition) is 0. The molecule has 1 aliphatic heterocycles. The van der Waals surface area contributed by atoms with Gasteiger partial charge in [0.05, 0.1) is 11.1 Å². The van der Waals surface area contributed by atoms with E-state index in [0.717, 1.165) is 16.7 Å². The Bertz CT molecular complexity index is 1180. The summed E-state index contributed by atoms with van der Waals surface area (Å²) in [5.41, 5.74) is 3.05. The summed E-state index contributed by atoms with van der Waals surface area (Å²) in [4.78, 5) is 24.3. The molecule has 1 aliphatic rings. The molecule has 3 heteroatoms. The molecule has 0 bridgehead atoms. The van der Waals surface area contributed by atoms with Crippen LogP contribution in [0.2, 0.25) is 0 Å². The zero-order valence-corrected chi connectivity index (χ0v) is 13.9. The first kappa shape index (κ1) is 15.7. The van der Waals surface area contributed by atoms with Crippen molar-refractivity contribution in [3.05, 3.63) is 82.4 Å². The molecule has 0 spiro atoms. The molecular weight excluding hydrogens is 324 g/mol. The molecule has 0 saturated carbocycles. The summed E-state index contributed by atoms with van der Waals surface area (Å²) in [5.74, 6) is 10.9. The van der Waals surface area contributed by atoms with Crippen LogP contribution in [-0.4, -0.2) is 11.9 Å². The second-order valence-electron chi connectivity index (χ2n) is 5.74. The quantitative estimate of drug-likeness (QED) is 0.355. The van der Waals surface area contributed by atoms with Gasteiger partial charge in [-0.3, -0.25) is 0 Å². The Hall–Kier alpha value is -3.82. The van der Waals surface area contributed by atoms with Gasteiger partial charge in [-0.15, -0.1) is 5.92 Å². The second kappa shape index (κ2) is 6.24. The molecule has 0 aromatic heterocycles. The van der Waals surface area contributed by atoms with Gasteiger partial charge < -0.3 is 4.74 Å². The van der Waals surface area contributed by atoms with E-state index >= 15 is 0 Å². The van der Waals surface area contributed by atoms with Crippen molar-refractivity contribution in [2.45, 2.75) is 6.92 Å². The molecule has 0 atom stereocenters. The topological polar surface area (TPSA) is 43.4 Å². The molecule has 0 unspecified atom stereocenters. The third-order valence-electron chi connectivity index (χ3n) is 4.16. The molecule has 0 aliphatic carbocycles. The number of carbonyl (C=O) groups excluding carboxylic acids is 2. The number of hydrogen-bond acceptors (Lipinski definition) is 3. The Labute approximate surface area is 150 Å². The van der Waals surface area contributed by atoms with E-state index in [4.69, 9.17) is 4.74 Å². The predicted octanol–water partition coefficient (Wildman–Crippen LogP) is 3.92. The van der Waals surface area contributed by atoms with Crippen LogP contribution >= 0.6 is 0 Å². The van der Waals surface area contributed by atoms with Gasteiger partial charge in [0.15, 0.2) is 0 Å². The van der Waals surface area contributed by atoms with Gasteiger partial charge in [-0.05, 0) is 43.3 Å². The monoisotopic (exact) mass is 336 g/mol. The number of esters is 2. The molecular formula is C23H12O3.